The molecule has 1 spiro atoms. The van der Waals surface area contributed by atoms with E-state index < -0.39 is 11.4 Å². The number of halogens is 1. The molecule has 110 valence electrons. The van der Waals surface area contributed by atoms with Gasteiger partial charge in [0.1, 0.15) is 0 Å². The van der Waals surface area contributed by atoms with E-state index >= 15 is 0 Å². The zero-order valence-electron chi connectivity index (χ0n) is 11.1. The third-order valence-corrected chi connectivity index (χ3v) is 4.18. The van der Waals surface area contributed by atoms with Gasteiger partial charge in [-0.25, -0.2) is 0 Å². The highest BCUT2D eigenvalue weighted by molar-refractivity contribution is 6.17. The molecule has 1 amide bonds. The van der Waals surface area contributed by atoms with Gasteiger partial charge in [-0.2, -0.15) is 0 Å². The van der Waals surface area contributed by atoms with Gasteiger partial charge >= 0.3 is 0 Å². The van der Waals surface area contributed by atoms with Gasteiger partial charge in [0, 0.05) is 31.7 Å². The highest BCUT2D eigenvalue weighted by atomic mass is 35.5. The monoisotopic (exact) mass is 291 g/mol. The first kappa shape index (κ1) is 15.0. The second-order valence-corrected chi connectivity index (χ2v) is 5.78. The van der Waals surface area contributed by atoms with Gasteiger partial charge in [0.25, 0.3) is 0 Å². The van der Waals surface area contributed by atoms with Crippen molar-refractivity contribution in [2.45, 2.75) is 49.9 Å². The summed E-state index contributed by atoms with van der Waals surface area (Å²) in [5, 5.41) is 13.2. The second-order valence-electron chi connectivity index (χ2n) is 5.40. The van der Waals surface area contributed by atoms with Crippen molar-refractivity contribution in [1.29, 1.82) is 0 Å². The fourth-order valence-electron chi connectivity index (χ4n) is 2.64. The van der Waals surface area contributed by atoms with Gasteiger partial charge in [-0.1, -0.05) is 0 Å². The second kappa shape index (κ2) is 6.39. The fraction of sp³-hybridized carbons (Fsp3) is 0.923. The minimum Gasteiger partial charge on any atom is -0.388 e. The molecule has 1 saturated heterocycles. The molecule has 0 aromatic rings. The molecule has 19 heavy (non-hydrogen) atoms. The molecule has 0 unspecified atom stereocenters. The van der Waals surface area contributed by atoms with Crippen LogP contribution in [0.5, 0.6) is 0 Å². The van der Waals surface area contributed by atoms with E-state index in [-0.39, 0.29) is 5.91 Å². The zero-order valence-corrected chi connectivity index (χ0v) is 11.9. The van der Waals surface area contributed by atoms with E-state index in [0.717, 1.165) is 0 Å². The molecule has 5 nitrogen and oxygen atoms in total. The smallest absolute Gasteiger partial charge is 0.220 e. The first-order valence-electron chi connectivity index (χ1n) is 6.91. The van der Waals surface area contributed by atoms with E-state index in [1.807, 2.05) is 0 Å². The number of hydrogen-bond acceptors (Lipinski definition) is 4. The summed E-state index contributed by atoms with van der Waals surface area (Å²) in [6.45, 7) is 1.56. The van der Waals surface area contributed by atoms with Crippen molar-refractivity contribution in [1.82, 2.24) is 5.32 Å². The quantitative estimate of drug-likeness (QED) is 0.746. The van der Waals surface area contributed by atoms with Crippen molar-refractivity contribution in [2.75, 3.05) is 25.6 Å². The molecule has 0 aromatic carbocycles. The van der Waals surface area contributed by atoms with Crippen LogP contribution in [0, 0.1) is 0 Å². The fourth-order valence-corrected chi connectivity index (χ4v) is 2.77. The first-order valence-corrected chi connectivity index (χ1v) is 7.44. The van der Waals surface area contributed by atoms with Gasteiger partial charge < -0.3 is 19.9 Å². The molecule has 2 N–H and O–H groups in total. The minimum atomic E-state index is -0.836. The Labute approximate surface area is 118 Å². The van der Waals surface area contributed by atoms with Gasteiger partial charge in [-0.3, -0.25) is 4.79 Å². The lowest BCUT2D eigenvalue weighted by Crippen LogP contribution is -2.49. The van der Waals surface area contributed by atoms with Gasteiger partial charge in [-0.15, -0.1) is 11.6 Å². The molecule has 0 atom stereocenters. The third kappa shape index (κ3) is 4.05. The van der Waals surface area contributed by atoms with Crippen molar-refractivity contribution < 1.29 is 19.4 Å². The highest BCUT2D eigenvalue weighted by Crippen LogP contribution is 2.39. The molecular weight excluding hydrogens is 270 g/mol. The Hall–Kier alpha value is -0.360. The molecule has 1 aliphatic heterocycles. The Bertz CT molecular complexity index is 308. The Morgan fingerprint density at radius 3 is 2.42 bits per heavy atom. The van der Waals surface area contributed by atoms with Crippen molar-refractivity contribution in [3.8, 4) is 0 Å². The largest absolute Gasteiger partial charge is 0.388 e. The Morgan fingerprint density at radius 1 is 1.21 bits per heavy atom. The predicted octanol–water partition coefficient (Wildman–Crippen LogP) is 1.17. The number of aliphatic hydroxyl groups is 1. The summed E-state index contributed by atoms with van der Waals surface area (Å²) in [5.41, 5.74) is -0.836. The topological polar surface area (TPSA) is 67.8 Å². The van der Waals surface area contributed by atoms with E-state index in [9.17, 15) is 9.90 Å². The standard InChI is InChI=1S/C13H22ClNO4/c14-7-1-2-11(16)15-10-12(17)3-5-13(6-4-12)18-8-9-19-13/h17H,1-10H2,(H,15,16). The third-order valence-electron chi connectivity index (χ3n) is 3.91. The van der Waals surface area contributed by atoms with E-state index in [2.05, 4.69) is 5.32 Å². The average molecular weight is 292 g/mol. The summed E-state index contributed by atoms with van der Waals surface area (Å²) in [6.07, 6.45) is 3.61. The van der Waals surface area contributed by atoms with Crippen LogP contribution < -0.4 is 5.32 Å². The van der Waals surface area contributed by atoms with E-state index in [0.29, 0.717) is 64.2 Å². The maximum atomic E-state index is 11.5. The van der Waals surface area contributed by atoms with Crippen molar-refractivity contribution in [3.63, 3.8) is 0 Å². The summed E-state index contributed by atoms with van der Waals surface area (Å²) in [7, 11) is 0. The summed E-state index contributed by atoms with van der Waals surface area (Å²) in [4.78, 5) is 11.5. The van der Waals surface area contributed by atoms with Crippen molar-refractivity contribution in [3.05, 3.63) is 0 Å². The molecule has 0 aromatic heterocycles. The predicted molar refractivity (Wildman–Crippen MR) is 71.0 cm³/mol. The van der Waals surface area contributed by atoms with Crippen LogP contribution in [0.3, 0.4) is 0 Å². The molecule has 2 rings (SSSR count). The number of carbonyl (C=O) groups is 1. The molecule has 0 bridgehead atoms. The van der Waals surface area contributed by atoms with Crippen LogP contribution in [0.4, 0.5) is 0 Å². The number of alkyl halides is 1. The molecular formula is C13H22ClNO4. The van der Waals surface area contributed by atoms with Crippen LogP contribution in [0.1, 0.15) is 38.5 Å². The SMILES string of the molecule is O=C(CCCCl)NCC1(O)CCC2(CC1)OCCO2. The van der Waals surface area contributed by atoms with Gasteiger partial charge in [0.2, 0.25) is 5.91 Å². The molecule has 2 fully saturated rings. The Kier molecular flexibility index (Phi) is 5.06. The zero-order chi connectivity index (χ0) is 13.8. The van der Waals surface area contributed by atoms with Crippen LogP contribution >= 0.6 is 11.6 Å². The maximum absolute atomic E-state index is 11.5. The summed E-state index contributed by atoms with van der Waals surface area (Å²) < 4.78 is 11.2. The normalized spacial score (nSPS) is 24.5. The van der Waals surface area contributed by atoms with Crippen LogP contribution in [0.15, 0.2) is 0 Å². The lowest BCUT2D eigenvalue weighted by molar-refractivity contribution is -0.201. The number of carbonyl (C=O) groups excluding carboxylic acids is 1. The van der Waals surface area contributed by atoms with Crippen LogP contribution in [-0.2, 0) is 14.3 Å². The van der Waals surface area contributed by atoms with Crippen molar-refractivity contribution in [2.24, 2.45) is 0 Å². The Morgan fingerprint density at radius 2 is 1.84 bits per heavy atom. The van der Waals surface area contributed by atoms with Crippen LogP contribution in [0.25, 0.3) is 0 Å². The molecule has 0 radical (unpaired) electrons. The van der Waals surface area contributed by atoms with Crippen LogP contribution in [-0.4, -0.2) is 48.0 Å². The lowest BCUT2D eigenvalue weighted by Gasteiger charge is -2.40. The molecule has 2 aliphatic rings. The number of nitrogens with one attached hydrogen (secondary N) is 1. The van der Waals surface area contributed by atoms with E-state index in [1.165, 1.54) is 0 Å². The summed E-state index contributed by atoms with van der Waals surface area (Å²) in [5.74, 6) is -0.0493. The molecule has 6 heteroatoms. The van der Waals surface area contributed by atoms with Crippen LogP contribution in [0.2, 0.25) is 0 Å². The highest BCUT2D eigenvalue weighted by Gasteiger charge is 2.45. The number of ether oxygens (including phenoxy) is 2. The average Bonchev–Trinajstić information content (AvgIpc) is 2.87. The van der Waals surface area contributed by atoms with Crippen molar-refractivity contribution >= 4 is 17.5 Å². The Balaban J connectivity index is 1.73. The lowest BCUT2D eigenvalue weighted by atomic mass is 9.81. The summed E-state index contributed by atoms with van der Waals surface area (Å²) >= 11 is 5.53. The summed E-state index contributed by atoms with van der Waals surface area (Å²) in [6, 6.07) is 0. The maximum Gasteiger partial charge on any atom is 0.220 e. The minimum absolute atomic E-state index is 0.0530. The van der Waals surface area contributed by atoms with E-state index in [1.54, 1.807) is 0 Å². The van der Waals surface area contributed by atoms with E-state index in [4.69, 9.17) is 21.1 Å². The molecule has 1 aliphatic carbocycles. The van der Waals surface area contributed by atoms with Gasteiger partial charge in [-0.05, 0) is 19.3 Å². The van der Waals surface area contributed by atoms with Gasteiger partial charge in [0.15, 0.2) is 5.79 Å². The number of amides is 1. The molecule has 1 saturated carbocycles. The molecule has 1 heterocycles. The number of hydrogen-bond donors (Lipinski definition) is 2. The first-order chi connectivity index (χ1) is 9.08. The van der Waals surface area contributed by atoms with Gasteiger partial charge in [0.05, 0.1) is 18.8 Å². The number of rotatable bonds is 5.